The van der Waals surface area contributed by atoms with Gasteiger partial charge in [0.15, 0.2) is 0 Å². The van der Waals surface area contributed by atoms with E-state index >= 15 is 0 Å². The molecule has 0 amide bonds. The van der Waals surface area contributed by atoms with Crippen LogP contribution in [-0.4, -0.2) is 11.8 Å². The minimum absolute atomic E-state index is 0.128. The molecule has 0 saturated heterocycles. The first-order valence-corrected chi connectivity index (χ1v) is 7.43. The number of carbonyl (C=O) groups is 1. The van der Waals surface area contributed by atoms with Crippen LogP contribution in [0.3, 0.4) is 0 Å². The Bertz CT molecular complexity index is 791. The third-order valence-electron chi connectivity index (χ3n) is 2.96. The number of nitrogens with two attached hydrogens (primary N) is 1. The van der Waals surface area contributed by atoms with E-state index in [1.54, 1.807) is 24.3 Å². The van der Waals surface area contributed by atoms with Crippen molar-refractivity contribution in [2.45, 2.75) is 19.9 Å². The quantitative estimate of drug-likeness (QED) is 0.844. The lowest BCUT2D eigenvalue weighted by atomic mass is 10.1. The van der Waals surface area contributed by atoms with Gasteiger partial charge in [-0.3, -0.25) is 4.79 Å². The van der Waals surface area contributed by atoms with E-state index in [2.05, 4.69) is 5.32 Å². The van der Waals surface area contributed by atoms with Crippen LogP contribution in [0.2, 0.25) is 0 Å². The molecule has 22 heavy (non-hydrogen) atoms. The van der Waals surface area contributed by atoms with Gasteiger partial charge in [-0.1, -0.05) is 0 Å². The van der Waals surface area contributed by atoms with Gasteiger partial charge in [-0.2, -0.15) is 10.5 Å². The number of benzene rings is 1. The lowest BCUT2D eigenvalue weighted by molar-refractivity contribution is 0.104. The Morgan fingerprint density at radius 1 is 1.23 bits per heavy atom. The Balaban J connectivity index is 2.43. The number of nitrogens with zero attached hydrogens (tertiary/aromatic N) is 2. The van der Waals surface area contributed by atoms with Gasteiger partial charge in [0.05, 0.1) is 17.3 Å². The zero-order valence-electron chi connectivity index (χ0n) is 12.2. The van der Waals surface area contributed by atoms with Crippen LogP contribution in [0.1, 0.15) is 40.2 Å². The maximum atomic E-state index is 12.5. The topological polar surface area (TPSA) is 103 Å². The third-order valence-corrected chi connectivity index (χ3v) is 4.09. The van der Waals surface area contributed by atoms with Gasteiger partial charge in [-0.15, -0.1) is 11.3 Å². The SMILES string of the molecule is CC(C)Nc1sc(C(=O)c2ccc(C#N)cc2)c(N)c1C#N. The van der Waals surface area contributed by atoms with E-state index in [1.807, 2.05) is 26.0 Å². The summed E-state index contributed by atoms with van der Waals surface area (Å²) in [5.74, 6) is -0.250. The molecule has 0 aliphatic rings. The molecule has 0 radical (unpaired) electrons. The number of carbonyl (C=O) groups excluding carboxylic acids is 1. The van der Waals surface area contributed by atoms with E-state index in [-0.39, 0.29) is 17.5 Å². The van der Waals surface area contributed by atoms with Crippen molar-refractivity contribution in [1.29, 1.82) is 10.5 Å². The summed E-state index contributed by atoms with van der Waals surface area (Å²) < 4.78 is 0. The fourth-order valence-corrected chi connectivity index (χ4v) is 3.09. The molecule has 1 heterocycles. The van der Waals surface area contributed by atoms with Crippen LogP contribution < -0.4 is 11.1 Å². The first-order valence-electron chi connectivity index (χ1n) is 6.61. The smallest absolute Gasteiger partial charge is 0.205 e. The molecule has 6 heteroatoms. The average Bonchev–Trinajstić information content (AvgIpc) is 2.81. The molecular weight excluding hydrogens is 296 g/mol. The summed E-state index contributed by atoms with van der Waals surface area (Å²) in [4.78, 5) is 12.9. The third kappa shape index (κ3) is 2.93. The molecule has 5 nitrogen and oxygen atoms in total. The number of nitrogens with one attached hydrogen (secondary N) is 1. The standard InChI is InChI=1S/C16H14N4OS/c1-9(2)20-16-12(8-18)13(19)15(22-16)14(21)11-5-3-10(7-17)4-6-11/h3-6,9,20H,19H2,1-2H3. The maximum Gasteiger partial charge on any atom is 0.205 e. The molecule has 2 rings (SSSR count). The second-order valence-electron chi connectivity index (χ2n) is 4.98. The van der Waals surface area contributed by atoms with E-state index in [0.717, 1.165) is 0 Å². The maximum absolute atomic E-state index is 12.5. The Kier molecular flexibility index (Phi) is 4.45. The van der Waals surface area contributed by atoms with Crippen LogP contribution in [0.15, 0.2) is 24.3 Å². The summed E-state index contributed by atoms with van der Waals surface area (Å²) in [5.41, 5.74) is 7.38. The van der Waals surface area contributed by atoms with Gasteiger partial charge < -0.3 is 11.1 Å². The predicted octanol–water partition coefficient (Wildman–Crippen LogP) is 3.12. The van der Waals surface area contributed by atoms with Gasteiger partial charge in [-0.25, -0.2) is 0 Å². The van der Waals surface area contributed by atoms with Gasteiger partial charge in [0.25, 0.3) is 0 Å². The number of rotatable bonds is 4. The molecular formula is C16H14N4OS. The Hall–Kier alpha value is -2.83. The molecule has 3 N–H and O–H groups in total. The largest absolute Gasteiger partial charge is 0.396 e. The molecule has 2 aromatic rings. The normalized spacial score (nSPS) is 10.0. The van der Waals surface area contributed by atoms with E-state index in [9.17, 15) is 10.1 Å². The molecule has 1 aromatic heterocycles. The van der Waals surface area contributed by atoms with Gasteiger partial charge in [0.2, 0.25) is 5.78 Å². The van der Waals surface area contributed by atoms with E-state index in [4.69, 9.17) is 11.0 Å². The highest BCUT2D eigenvalue weighted by Gasteiger charge is 2.22. The number of hydrogen-bond donors (Lipinski definition) is 2. The number of thiophene rings is 1. The molecule has 0 saturated carbocycles. The fourth-order valence-electron chi connectivity index (χ4n) is 1.91. The van der Waals surface area contributed by atoms with Crippen LogP contribution in [0.5, 0.6) is 0 Å². The highest BCUT2D eigenvalue weighted by Crippen LogP contribution is 2.36. The molecule has 0 spiro atoms. The monoisotopic (exact) mass is 310 g/mol. The first-order chi connectivity index (χ1) is 10.5. The Labute approximate surface area is 132 Å². The number of ketones is 1. The molecule has 0 aliphatic heterocycles. The number of anilines is 2. The van der Waals surface area contributed by atoms with Crippen molar-refractivity contribution < 1.29 is 4.79 Å². The molecule has 0 atom stereocenters. The summed E-state index contributed by atoms with van der Waals surface area (Å²) in [6.07, 6.45) is 0. The Morgan fingerprint density at radius 3 is 2.36 bits per heavy atom. The molecule has 110 valence electrons. The minimum atomic E-state index is -0.250. The molecule has 0 bridgehead atoms. The first kappa shape index (κ1) is 15.6. The van der Waals surface area contributed by atoms with Crippen LogP contribution in [0.25, 0.3) is 0 Å². The summed E-state index contributed by atoms with van der Waals surface area (Å²) in [6.45, 7) is 3.89. The van der Waals surface area contributed by atoms with Gasteiger partial charge >= 0.3 is 0 Å². The van der Waals surface area contributed by atoms with Crippen molar-refractivity contribution >= 4 is 27.8 Å². The van der Waals surface area contributed by atoms with E-state index in [0.29, 0.717) is 26.6 Å². The van der Waals surface area contributed by atoms with Crippen LogP contribution in [0, 0.1) is 22.7 Å². The molecule has 0 fully saturated rings. The van der Waals surface area contributed by atoms with Gasteiger partial charge in [-0.05, 0) is 38.1 Å². The van der Waals surface area contributed by atoms with Crippen molar-refractivity contribution in [3.63, 3.8) is 0 Å². The van der Waals surface area contributed by atoms with Crippen LogP contribution in [-0.2, 0) is 0 Å². The minimum Gasteiger partial charge on any atom is -0.396 e. The van der Waals surface area contributed by atoms with Crippen LogP contribution in [0.4, 0.5) is 10.7 Å². The summed E-state index contributed by atoms with van der Waals surface area (Å²) >= 11 is 1.18. The van der Waals surface area contributed by atoms with Gasteiger partial charge in [0.1, 0.15) is 21.5 Å². The highest BCUT2D eigenvalue weighted by atomic mass is 32.1. The van der Waals surface area contributed by atoms with Crippen molar-refractivity contribution in [3.8, 4) is 12.1 Å². The van der Waals surface area contributed by atoms with E-state index < -0.39 is 0 Å². The zero-order chi connectivity index (χ0) is 16.3. The van der Waals surface area contributed by atoms with Crippen molar-refractivity contribution in [1.82, 2.24) is 0 Å². The van der Waals surface area contributed by atoms with Crippen molar-refractivity contribution in [2.75, 3.05) is 11.1 Å². The Morgan fingerprint density at radius 2 is 1.86 bits per heavy atom. The number of hydrogen-bond acceptors (Lipinski definition) is 6. The second-order valence-corrected chi connectivity index (χ2v) is 6.00. The molecule has 0 unspecified atom stereocenters. The second kappa shape index (κ2) is 6.30. The zero-order valence-corrected chi connectivity index (χ0v) is 13.0. The van der Waals surface area contributed by atoms with Crippen molar-refractivity contribution in [2.24, 2.45) is 0 Å². The number of nitrogen functional groups attached to an aromatic ring is 1. The molecule has 1 aromatic carbocycles. The fraction of sp³-hybridized carbons (Fsp3) is 0.188. The van der Waals surface area contributed by atoms with Crippen LogP contribution >= 0.6 is 11.3 Å². The lowest BCUT2D eigenvalue weighted by Crippen LogP contribution is -2.09. The highest BCUT2D eigenvalue weighted by molar-refractivity contribution is 7.19. The number of nitriles is 2. The van der Waals surface area contributed by atoms with Crippen molar-refractivity contribution in [3.05, 3.63) is 45.8 Å². The van der Waals surface area contributed by atoms with E-state index in [1.165, 1.54) is 11.3 Å². The summed E-state index contributed by atoms with van der Waals surface area (Å²) in [5, 5.41) is 21.8. The summed E-state index contributed by atoms with van der Waals surface area (Å²) in [6, 6.07) is 10.5. The molecule has 0 aliphatic carbocycles. The average molecular weight is 310 g/mol. The summed E-state index contributed by atoms with van der Waals surface area (Å²) in [7, 11) is 0. The van der Waals surface area contributed by atoms with Gasteiger partial charge in [0, 0.05) is 11.6 Å². The lowest BCUT2D eigenvalue weighted by Gasteiger charge is -2.06. The predicted molar refractivity (Wildman–Crippen MR) is 86.8 cm³/mol.